The average Bonchev–Trinajstić information content (AvgIpc) is 2.57. The molecule has 4 nitrogen and oxygen atoms in total. The van der Waals surface area contributed by atoms with E-state index >= 15 is 0 Å². The van der Waals surface area contributed by atoms with E-state index in [1.807, 2.05) is 30.3 Å². The number of oxime groups is 1. The van der Waals surface area contributed by atoms with Gasteiger partial charge in [-0.05, 0) is 42.2 Å². The molecule has 0 bridgehead atoms. The number of benzene rings is 2. The molecule has 0 saturated carbocycles. The largest absolute Gasteiger partial charge is 0.508 e. The SMILES string of the molecule is OCc1cc(C=CC(CCc2ccccc2)=NO)ccc1O. The van der Waals surface area contributed by atoms with Gasteiger partial charge in [0.2, 0.25) is 0 Å². The molecule has 2 rings (SSSR count). The summed E-state index contributed by atoms with van der Waals surface area (Å²) >= 11 is 0. The van der Waals surface area contributed by atoms with Crippen LogP contribution in [-0.2, 0) is 13.0 Å². The minimum Gasteiger partial charge on any atom is -0.508 e. The van der Waals surface area contributed by atoms with E-state index in [1.165, 1.54) is 11.6 Å². The molecule has 0 heterocycles. The fourth-order valence-electron chi connectivity index (χ4n) is 2.11. The Morgan fingerprint density at radius 1 is 1.09 bits per heavy atom. The third-order valence-electron chi connectivity index (χ3n) is 3.38. The molecule has 0 saturated heterocycles. The number of hydrogen-bond acceptors (Lipinski definition) is 4. The third kappa shape index (κ3) is 4.46. The zero-order valence-corrected chi connectivity index (χ0v) is 12.2. The smallest absolute Gasteiger partial charge is 0.121 e. The molecule has 0 aliphatic heterocycles. The molecule has 2 aromatic rings. The Morgan fingerprint density at radius 2 is 1.86 bits per heavy atom. The Bertz CT molecular complexity index is 663. The number of aryl methyl sites for hydroxylation is 1. The number of phenols is 1. The van der Waals surface area contributed by atoms with Crippen LogP contribution in [0.3, 0.4) is 0 Å². The van der Waals surface area contributed by atoms with Crippen LogP contribution in [0.15, 0.2) is 59.8 Å². The summed E-state index contributed by atoms with van der Waals surface area (Å²) in [5.74, 6) is 0.0692. The minimum absolute atomic E-state index is 0.0692. The summed E-state index contributed by atoms with van der Waals surface area (Å²) in [6.07, 6.45) is 4.94. The van der Waals surface area contributed by atoms with Crippen LogP contribution in [0.5, 0.6) is 5.75 Å². The van der Waals surface area contributed by atoms with Crippen LogP contribution in [0, 0.1) is 0 Å². The summed E-state index contributed by atoms with van der Waals surface area (Å²) in [5, 5.41) is 31.0. The molecule has 22 heavy (non-hydrogen) atoms. The van der Waals surface area contributed by atoms with Gasteiger partial charge in [-0.15, -0.1) is 0 Å². The highest BCUT2D eigenvalue weighted by Crippen LogP contribution is 2.19. The number of nitrogens with zero attached hydrogens (tertiary/aromatic N) is 1. The van der Waals surface area contributed by atoms with Gasteiger partial charge >= 0.3 is 0 Å². The van der Waals surface area contributed by atoms with Gasteiger partial charge in [-0.2, -0.15) is 0 Å². The summed E-state index contributed by atoms with van der Waals surface area (Å²) < 4.78 is 0. The van der Waals surface area contributed by atoms with Crippen LogP contribution in [0.25, 0.3) is 6.08 Å². The highest BCUT2D eigenvalue weighted by Gasteiger charge is 2.01. The average molecular weight is 297 g/mol. The van der Waals surface area contributed by atoms with Gasteiger partial charge in [-0.25, -0.2) is 0 Å². The molecular weight excluding hydrogens is 278 g/mol. The highest BCUT2D eigenvalue weighted by molar-refractivity contribution is 5.97. The molecular formula is C18H19NO3. The van der Waals surface area contributed by atoms with Crippen molar-refractivity contribution in [3.63, 3.8) is 0 Å². The highest BCUT2D eigenvalue weighted by atomic mass is 16.4. The normalized spacial score (nSPS) is 12.0. The van der Waals surface area contributed by atoms with Gasteiger partial charge in [0, 0.05) is 5.56 Å². The molecule has 0 aliphatic carbocycles. The molecule has 2 aromatic carbocycles. The van der Waals surface area contributed by atoms with Crippen LogP contribution >= 0.6 is 0 Å². The number of aliphatic hydroxyl groups is 1. The Hall–Kier alpha value is -2.59. The first kappa shape index (κ1) is 15.8. The molecule has 114 valence electrons. The van der Waals surface area contributed by atoms with Gasteiger partial charge in [0.05, 0.1) is 12.3 Å². The monoisotopic (exact) mass is 297 g/mol. The Labute approximate surface area is 129 Å². The maximum atomic E-state index is 9.52. The van der Waals surface area contributed by atoms with E-state index < -0.39 is 0 Å². The van der Waals surface area contributed by atoms with Crippen LogP contribution in [0.4, 0.5) is 0 Å². The molecule has 3 N–H and O–H groups in total. The maximum absolute atomic E-state index is 9.52. The second kappa shape index (κ2) is 8.00. The number of aromatic hydroxyl groups is 1. The topological polar surface area (TPSA) is 73.1 Å². The standard InChI is InChI=1S/C18H19NO3/c20-13-16-12-15(8-11-18(16)21)7-10-17(19-22)9-6-14-4-2-1-3-5-14/h1-5,7-8,10-12,20-22H,6,9,13H2. The van der Waals surface area contributed by atoms with Crippen molar-refractivity contribution in [1.82, 2.24) is 0 Å². The van der Waals surface area contributed by atoms with E-state index in [0.717, 1.165) is 12.0 Å². The molecule has 0 aromatic heterocycles. The van der Waals surface area contributed by atoms with Crippen molar-refractivity contribution in [2.45, 2.75) is 19.4 Å². The summed E-state index contributed by atoms with van der Waals surface area (Å²) in [6, 6.07) is 15.0. The Balaban J connectivity index is 2.01. The van der Waals surface area contributed by atoms with Gasteiger partial charge in [0.25, 0.3) is 0 Å². The molecule has 0 fully saturated rings. The van der Waals surface area contributed by atoms with Crippen molar-refractivity contribution in [3.05, 3.63) is 71.3 Å². The Kier molecular flexibility index (Phi) is 5.74. The summed E-state index contributed by atoms with van der Waals surface area (Å²) in [5.41, 5.74) is 3.04. The molecule has 0 atom stereocenters. The molecule has 4 heteroatoms. The van der Waals surface area contributed by atoms with E-state index in [0.29, 0.717) is 17.7 Å². The summed E-state index contributed by atoms with van der Waals surface area (Å²) in [7, 11) is 0. The van der Waals surface area contributed by atoms with Gasteiger partial charge < -0.3 is 15.4 Å². The lowest BCUT2D eigenvalue weighted by atomic mass is 10.1. The predicted octanol–water partition coefficient (Wildman–Crippen LogP) is 3.36. The quantitative estimate of drug-likeness (QED) is 0.435. The van der Waals surface area contributed by atoms with E-state index in [1.54, 1.807) is 24.3 Å². The minimum atomic E-state index is -0.220. The van der Waals surface area contributed by atoms with E-state index in [4.69, 9.17) is 10.3 Å². The molecule has 0 radical (unpaired) electrons. The lowest BCUT2D eigenvalue weighted by Gasteiger charge is -2.03. The van der Waals surface area contributed by atoms with Crippen LogP contribution in [0.2, 0.25) is 0 Å². The lowest BCUT2D eigenvalue weighted by molar-refractivity contribution is 0.275. The summed E-state index contributed by atoms with van der Waals surface area (Å²) in [6.45, 7) is -0.220. The third-order valence-corrected chi connectivity index (χ3v) is 3.38. The van der Waals surface area contributed by atoms with Crippen LogP contribution < -0.4 is 0 Å². The maximum Gasteiger partial charge on any atom is 0.121 e. The first-order valence-corrected chi connectivity index (χ1v) is 7.08. The Morgan fingerprint density at radius 3 is 2.55 bits per heavy atom. The molecule has 0 amide bonds. The van der Waals surface area contributed by atoms with Crippen molar-refractivity contribution in [2.75, 3.05) is 0 Å². The summed E-state index contributed by atoms with van der Waals surface area (Å²) in [4.78, 5) is 0. The van der Waals surface area contributed by atoms with Gasteiger partial charge in [0.15, 0.2) is 0 Å². The fraction of sp³-hybridized carbons (Fsp3) is 0.167. The second-order valence-electron chi connectivity index (χ2n) is 4.96. The zero-order valence-electron chi connectivity index (χ0n) is 12.2. The number of rotatable bonds is 6. The van der Waals surface area contributed by atoms with Crippen molar-refractivity contribution in [3.8, 4) is 5.75 Å². The van der Waals surface area contributed by atoms with Gasteiger partial charge in [-0.3, -0.25) is 0 Å². The first-order valence-electron chi connectivity index (χ1n) is 7.08. The zero-order chi connectivity index (χ0) is 15.8. The predicted molar refractivity (Wildman–Crippen MR) is 87.0 cm³/mol. The fourth-order valence-corrected chi connectivity index (χ4v) is 2.11. The van der Waals surface area contributed by atoms with Crippen molar-refractivity contribution in [1.29, 1.82) is 0 Å². The van der Waals surface area contributed by atoms with E-state index in [9.17, 15) is 5.11 Å². The van der Waals surface area contributed by atoms with Crippen LogP contribution in [-0.4, -0.2) is 21.1 Å². The van der Waals surface area contributed by atoms with Crippen molar-refractivity contribution >= 4 is 11.8 Å². The first-order chi connectivity index (χ1) is 10.7. The van der Waals surface area contributed by atoms with Crippen LogP contribution in [0.1, 0.15) is 23.1 Å². The van der Waals surface area contributed by atoms with E-state index in [2.05, 4.69) is 5.16 Å². The second-order valence-corrected chi connectivity index (χ2v) is 4.96. The van der Waals surface area contributed by atoms with Gasteiger partial charge in [0.1, 0.15) is 5.75 Å². The number of aliphatic hydroxyl groups excluding tert-OH is 1. The number of allylic oxidation sites excluding steroid dienone is 1. The van der Waals surface area contributed by atoms with E-state index in [-0.39, 0.29) is 12.4 Å². The van der Waals surface area contributed by atoms with Crippen molar-refractivity contribution < 1.29 is 15.4 Å². The lowest BCUT2D eigenvalue weighted by Crippen LogP contribution is -1.97. The van der Waals surface area contributed by atoms with Crippen molar-refractivity contribution in [2.24, 2.45) is 5.16 Å². The molecule has 0 aliphatic rings. The molecule has 0 unspecified atom stereocenters. The number of hydrogen-bond donors (Lipinski definition) is 3. The molecule has 0 spiro atoms. The van der Waals surface area contributed by atoms with Gasteiger partial charge in [-0.1, -0.05) is 47.6 Å².